The minimum Gasteiger partial charge on any atom is -0.495 e. The molecule has 5 atom stereocenters. The van der Waals surface area contributed by atoms with E-state index in [-0.39, 0.29) is 11.8 Å². The molecule has 1 saturated carbocycles. The quantitative estimate of drug-likeness (QED) is 0.497. The number of methoxy groups -OCH3 is 1. The van der Waals surface area contributed by atoms with Crippen LogP contribution in [-0.2, 0) is 5.60 Å². The van der Waals surface area contributed by atoms with Crippen LogP contribution in [0, 0.1) is 5.92 Å². The molecule has 0 saturated heterocycles. The number of rotatable bonds is 6. The van der Waals surface area contributed by atoms with Gasteiger partial charge in [0.15, 0.2) is 0 Å². The second-order valence-electron chi connectivity index (χ2n) is 8.03. The number of nitrogens with zero attached hydrogens (tertiary/aromatic N) is 1. The standard InChI is InChI=1S/C25H27BrN2O3/c1-27-14-19-22(16-6-4-3-5-7-16)23(17-8-10-18(26)11-9-17)25(30,24(19)29)20-12-13-28-15-21(20)31-2/h3-13,15,19,22-24,27,29-30H,14H2,1-2H3/t19?,22-,23?,24-,25-/m1/s1. The first-order valence-electron chi connectivity index (χ1n) is 10.4. The second-order valence-corrected chi connectivity index (χ2v) is 8.95. The SMILES string of the molecule is CNCC1[C@@H](c2ccccc2)C(c2ccc(Br)cc2)[C@](O)(c2ccncc2OC)[C@@H]1O. The van der Waals surface area contributed by atoms with Gasteiger partial charge in [-0.1, -0.05) is 58.4 Å². The van der Waals surface area contributed by atoms with Crippen LogP contribution in [0.15, 0.2) is 77.5 Å². The zero-order chi connectivity index (χ0) is 22.0. The normalized spacial score (nSPS) is 27.9. The van der Waals surface area contributed by atoms with E-state index >= 15 is 0 Å². The average molecular weight is 483 g/mol. The molecule has 1 aliphatic rings. The van der Waals surface area contributed by atoms with E-state index in [1.54, 1.807) is 25.6 Å². The van der Waals surface area contributed by atoms with Crippen molar-refractivity contribution in [2.24, 2.45) is 5.92 Å². The summed E-state index contributed by atoms with van der Waals surface area (Å²) in [4.78, 5) is 4.15. The molecule has 0 spiro atoms. The number of hydrogen-bond donors (Lipinski definition) is 3. The fourth-order valence-corrected chi connectivity index (χ4v) is 5.41. The summed E-state index contributed by atoms with van der Waals surface area (Å²) in [7, 11) is 3.42. The Kier molecular flexibility index (Phi) is 6.44. The molecular formula is C25H27BrN2O3. The third kappa shape index (κ3) is 3.78. The third-order valence-electron chi connectivity index (χ3n) is 6.44. The van der Waals surface area contributed by atoms with Crippen LogP contribution in [0.5, 0.6) is 5.75 Å². The second kappa shape index (κ2) is 9.09. The van der Waals surface area contributed by atoms with Crippen molar-refractivity contribution < 1.29 is 14.9 Å². The number of benzene rings is 2. The Balaban J connectivity index is 1.98. The Morgan fingerprint density at radius 1 is 1.06 bits per heavy atom. The van der Waals surface area contributed by atoms with Gasteiger partial charge in [-0.15, -0.1) is 0 Å². The number of pyridine rings is 1. The summed E-state index contributed by atoms with van der Waals surface area (Å²) < 4.78 is 6.52. The smallest absolute Gasteiger partial charge is 0.143 e. The molecule has 5 nitrogen and oxygen atoms in total. The molecule has 4 rings (SSSR count). The Hall–Kier alpha value is -2.25. The summed E-state index contributed by atoms with van der Waals surface area (Å²) in [5.41, 5.74) is 1.02. The molecule has 2 unspecified atom stereocenters. The molecule has 0 aliphatic heterocycles. The Morgan fingerprint density at radius 3 is 2.42 bits per heavy atom. The molecule has 1 aromatic heterocycles. The summed E-state index contributed by atoms with van der Waals surface area (Å²) >= 11 is 3.51. The van der Waals surface area contributed by atoms with Crippen LogP contribution in [0.3, 0.4) is 0 Å². The van der Waals surface area contributed by atoms with E-state index in [9.17, 15) is 10.2 Å². The molecule has 31 heavy (non-hydrogen) atoms. The monoisotopic (exact) mass is 482 g/mol. The number of ether oxygens (including phenoxy) is 1. The van der Waals surface area contributed by atoms with Crippen LogP contribution in [0.4, 0.5) is 0 Å². The third-order valence-corrected chi connectivity index (χ3v) is 6.97. The van der Waals surface area contributed by atoms with Crippen molar-refractivity contribution >= 4 is 15.9 Å². The van der Waals surface area contributed by atoms with Gasteiger partial charge in [-0.05, 0) is 36.4 Å². The number of nitrogens with one attached hydrogen (secondary N) is 1. The van der Waals surface area contributed by atoms with Crippen LogP contribution < -0.4 is 10.1 Å². The van der Waals surface area contributed by atoms with Gasteiger partial charge in [0.1, 0.15) is 11.4 Å². The number of hydrogen-bond acceptors (Lipinski definition) is 5. The van der Waals surface area contributed by atoms with Gasteiger partial charge in [0.2, 0.25) is 0 Å². The largest absolute Gasteiger partial charge is 0.495 e. The van der Waals surface area contributed by atoms with Crippen LogP contribution in [0.1, 0.15) is 28.5 Å². The van der Waals surface area contributed by atoms with Gasteiger partial charge < -0.3 is 20.3 Å². The molecule has 2 aromatic carbocycles. The van der Waals surface area contributed by atoms with Gasteiger partial charge in [-0.2, -0.15) is 0 Å². The molecule has 6 heteroatoms. The van der Waals surface area contributed by atoms with Gasteiger partial charge in [0.25, 0.3) is 0 Å². The van der Waals surface area contributed by atoms with Crippen LogP contribution in [0.25, 0.3) is 0 Å². The van der Waals surface area contributed by atoms with E-state index in [1.807, 2.05) is 49.5 Å². The van der Waals surface area contributed by atoms with Gasteiger partial charge in [0.05, 0.1) is 19.4 Å². The summed E-state index contributed by atoms with van der Waals surface area (Å²) in [6.45, 7) is 0.559. The predicted octanol–water partition coefficient (Wildman–Crippen LogP) is 3.82. The summed E-state index contributed by atoms with van der Waals surface area (Å²) in [5.74, 6) is -0.271. The van der Waals surface area contributed by atoms with E-state index in [0.29, 0.717) is 17.9 Å². The predicted molar refractivity (Wildman–Crippen MR) is 124 cm³/mol. The van der Waals surface area contributed by atoms with Crippen molar-refractivity contribution in [2.75, 3.05) is 20.7 Å². The van der Waals surface area contributed by atoms with Crippen molar-refractivity contribution in [2.45, 2.75) is 23.5 Å². The highest BCUT2D eigenvalue weighted by molar-refractivity contribution is 9.10. The molecular weight excluding hydrogens is 456 g/mol. The van der Waals surface area contributed by atoms with E-state index in [1.165, 1.54) is 0 Å². The highest BCUT2D eigenvalue weighted by Gasteiger charge is 2.61. The number of aliphatic hydroxyl groups excluding tert-OH is 1. The lowest BCUT2D eigenvalue weighted by Crippen LogP contribution is -2.42. The molecule has 0 amide bonds. The molecule has 0 bridgehead atoms. The number of aliphatic hydroxyl groups is 2. The topological polar surface area (TPSA) is 74.6 Å². The molecule has 3 aromatic rings. The van der Waals surface area contributed by atoms with Crippen LogP contribution in [0.2, 0.25) is 0 Å². The minimum atomic E-state index is -1.57. The van der Waals surface area contributed by atoms with Crippen molar-refractivity contribution in [3.63, 3.8) is 0 Å². The van der Waals surface area contributed by atoms with Gasteiger partial charge in [-0.3, -0.25) is 4.98 Å². The van der Waals surface area contributed by atoms with E-state index in [4.69, 9.17) is 4.74 Å². The van der Waals surface area contributed by atoms with Crippen molar-refractivity contribution in [3.8, 4) is 5.75 Å². The highest BCUT2D eigenvalue weighted by atomic mass is 79.9. The maximum absolute atomic E-state index is 12.4. The van der Waals surface area contributed by atoms with Gasteiger partial charge in [0, 0.05) is 40.5 Å². The average Bonchev–Trinajstić information content (AvgIpc) is 3.03. The van der Waals surface area contributed by atoms with Gasteiger partial charge >= 0.3 is 0 Å². The number of aromatic nitrogens is 1. The lowest BCUT2D eigenvalue weighted by Gasteiger charge is -2.36. The van der Waals surface area contributed by atoms with E-state index in [0.717, 1.165) is 15.6 Å². The van der Waals surface area contributed by atoms with E-state index < -0.39 is 17.6 Å². The summed E-state index contributed by atoms with van der Waals surface area (Å²) in [5, 5.41) is 27.2. The van der Waals surface area contributed by atoms with Crippen LogP contribution >= 0.6 is 15.9 Å². The first-order chi connectivity index (χ1) is 15.0. The molecule has 162 valence electrons. The van der Waals surface area contributed by atoms with Crippen molar-refractivity contribution in [1.82, 2.24) is 10.3 Å². The van der Waals surface area contributed by atoms with Gasteiger partial charge in [-0.25, -0.2) is 0 Å². The Morgan fingerprint density at radius 2 is 1.77 bits per heavy atom. The van der Waals surface area contributed by atoms with E-state index in [2.05, 4.69) is 38.4 Å². The molecule has 0 radical (unpaired) electrons. The van der Waals surface area contributed by atoms with Crippen LogP contribution in [-0.4, -0.2) is 42.0 Å². The number of halogens is 1. The highest BCUT2D eigenvalue weighted by Crippen LogP contribution is 2.60. The lowest BCUT2D eigenvalue weighted by atomic mass is 9.73. The lowest BCUT2D eigenvalue weighted by molar-refractivity contribution is -0.0826. The van der Waals surface area contributed by atoms with Crippen molar-refractivity contribution in [3.05, 3.63) is 94.2 Å². The maximum atomic E-state index is 12.4. The first kappa shape index (κ1) is 22.0. The minimum absolute atomic E-state index is 0.118. The molecule has 3 N–H and O–H groups in total. The zero-order valence-corrected chi connectivity index (χ0v) is 19.2. The Labute approximate surface area is 191 Å². The summed E-state index contributed by atoms with van der Waals surface area (Å²) in [6, 6.07) is 19.8. The fourth-order valence-electron chi connectivity index (χ4n) is 5.15. The molecule has 1 fully saturated rings. The Bertz CT molecular complexity index is 1010. The maximum Gasteiger partial charge on any atom is 0.143 e. The molecule has 1 aliphatic carbocycles. The fraction of sp³-hybridized carbons (Fsp3) is 0.320. The first-order valence-corrected chi connectivity index (χ1v) is 11.2. The van der Waals surface area contributed by atoms with Crippen molar-refractivity contribution in [1.29, 1.82) is 0 Å². The zero-order valence-electron chi connectivity index (χ0n) is 17.6. The summed E-state index contributed by atoms with van der Waals surface area (Å²) in [6.07, 6.45) is 2.20. The molecule has 1 heterocycles.